The van der Waals surface area contributed by atoms with Gasteiger partial charge in [-0.1, -0.05) is 12.1 Å². The molecular formula is C11H13N3OS. The minimum Gasteiger partial charge on any atom is -0.348 e. The van der Waals surface area contributed by atoms with E-state index in [2.05, 4.69) is 15.6 Å². The molecule has 0 saturated heterocycles. The number of amides is 1. The fraction of sp³-hybridized carbons (Fsp3) is 0.273. The predicted molar refractivity (Wildman–Crippen MR) is 65.4 cm³/mol. The van der Waals surface area contributed by atoms with Gasteiger partial charge >= 0.3 is 0 Å². The lowest BCUT2D eigenvalue weighted by Crippen LogP contribution is -2.31. The van der Waals surface area contributed by atoms with Crippen molar-refractivity contribution in [2.24, 2.45) is 0 Å². The highest BCUT2D eigenvalue weighted by Crippen LogP contribution is 2.20. The summed E-state index contributed by atoms with van der Waals surface area (Å²) in [4.78, 5) is 15.7. The van der Waals surface area contributed by atoms with E-state index in [1.807, 2.05) is 24.3 Å². The zero-order valence-corrected chi connectivity index (χ0v) is 9.80. The van der Waals surface area contributed by atoms with Crippen LogP contribution in [0.2, 0.25) is 0 Å². The number of para-hydroxylation sites is 1. The number of hydrogen-bond acceptors (Lipinski definition) is 4. The number of hydrogen-bond donors (Lipinski definition) is 2. The molecule has 0 aliphatic rings. The molecule has 16 heavy (non-hydrogen) atoms. The zero-order valence-electron chi connectivity index (χ0n) is 8.99. The van der Waals surface area contributed by atoms with Crippen molar-refractivity contribution in [2.75, 3.05) is 13.6 Å². The molecule has 1 heterocycles. The Balaban J connectivity index is 2.02. The Morgan fingerprint density at radius 3 is 3.00 bits per heavy atom. The van der Waals surface area contributed by atoms with Crippen molar-refractivity contribution in [1.82, 2.24) is 15.6 Å². The van der Waals surface area contributed by atoms with Crippen molar-refractivity contribution >= 4 is 27.5 Å². The Labute approximate surface area is 97.7 Å². The van der Waals surface area contributed by atoms with Crippen molar-refractivity contribution in [2.45, 2.75) is 6.54 Å². The molecule has 0 fully saturated rings. The number of nitrogens with zero attached hydrogens (tertiary/aromatic N) is 1. The van der Waals surface area contributed by atoms with Crippen LogP contribution < -0.4 is 10.6 Å². The van der Waals surface area contributed by atoms with Gasteiger partial charge in [-0.2, -0.15) is 0 Å². The molecule has 2 aromatic rings. The molecule has 0 saturated carbocycles. The molecule has 0 aliphatic carbocycles. The number of thiazole rings is 1. The number of benzene rings is 1. The molecule has 0 radical (unpaired) electrons. The minimum atomic E-state index is -0.0123. The first-order chi connectivity index (χ1) is 7.79. The van der Waals surface area contributed by atoms with Gasteiger partial charge in [-0.25, -0.2) is 4.98 Å². The highest BCUT2D eigenvalue weighted by molar-refractivity contribution is 7.18. The van der Waals surface area contributed by atoms with E-state index in [1.165, 1.54) is 0 Å². The fourth-order valence-corrected chi connectivity index (χ4v) is 2.30. The SMILES string of the molecule is CNCC(=O)NCc1nc2ccccc2s1. The predicted octanol–water partition coefficient (Wildman–Crippen LogP) is 1.13. The third kappa shape index (κ3) is 2.56. The number of carbonyl (C=O) groups is 1. The first-order valence-corrected chi connectivity index (χ1v) is 5.87. The monoisotopic (exact) mass is 235 g/mol. The molecule has 2 N–H and O–H groups in total. The Morgan fingerprint density at radius 1 is 1.44 bits per heavy atom. The van der Waals surface area contributed by atoms with Crippen LogP contribution in [0.3, 0.4) is 0 Å². The average Bonchev–Trinajstić information content (AvgIpc) is 2.69. The first-order valence-electron chi connectivity index (χ1n) is 5.05. The quantitative estimate of drug-likeness (QED) is 0.835. The van der Waals surface area contributed by atoms with Gasteiger partial charge in [0, 0.05) is 0 Å². The van der Waals surface area contributed by atoms with Crippen LogP contribution in [0, 0.1) is 0 Å². The maximum atomic E-state index is 11.2. The smallest absolute Gasteiger partial charge is 0.234 e. The number of rotatable bonds is 4. The van der Waals surface area contributed by atoms with E-state index < -0.39 is 0 Å². The summed E-state index contributed by atoms with van der Waals surface area (Å²) in [5, 5.41) is 6.54. The second kappa shape index (κ2) is 5.05. The highest BCUT2D eigenvalue weighted by Gasteiger charge is 2.04. The second-order valence-corrected chi connectivity index (χ2v) is 4.50. The second-order valence-electron chi connectivity index (χ2n) is 3.38. The van der Waals surface area contributed by atoms with Crippen LogP contribution in [0.25, 0.3) is 10.2 Å². The third-order valence-electron chi connectivity index (χ3n) is 2.11. The zero-order chi connectivity index (χ0) is 11.4. The standard InChI is InChI=1S/C11H13N3OS/c1-12-6-10(15)13-7-11-14-8-4-2-3-5-9(8)16-11/h2-5,12H,6-7H2,1H3,(H,13,15). The van der Waals surface area contributed by atoms with Gasteiger partial charge in [-0.05, 0) is 19.2 Å². The summed E-state index contributed by atoms with van der Waals surface area (Å²) in [6.45, 7) is 0.838. The Morgan fingerprint density at radius 2 is 2.25 bits per heavy atom. The van der Waals surface area contributed by atoms with Gasteiger partial charge in [-0.15, -0.1) is 11.3 Å². The van der Waals surface area contributed by atoms with Crippen LogP contribution >= 0.6 is 11.3 Å². The summed E-state index contributed by atoms with van der Waals surface area (Å²) in [6.07, 6.45) is 0. The number of fused-ring (bicyclic) bond motifs is 1. The molecular weight excluding hydrogens is 222 g/mol. The van der Waals surface area contributed by atoms with Crippen LogP contribution in [-0.4, -0.2) is 24.5 Å². The summed E-state index contributed by atoms with van der Waals surface area (Å²) >= 11 is 1.61. The molecule has 0 unspecified atom stereocenters. The van der Waals surface area contributed by atoms with Crippen LogP contribution in [-0.2, 0) is 11.3 Å². The normalized spacial score (nSPS) is 10.6. The van der Waals surface area contributed by atoms with Gasteiger partial charge in [0.05, 0.1) is 23.3 Å². The summed E-state index contributed by atoms with van der Waals surface area (Å²) in [6, 6.07) is 7.96. The molecule has 1 aromatic heterocycles. The Bertz CT molecular complexity index is 462. The molecule has 5 heteroatoms. The Hall–Kier alpha value is -1.46. The van der Waals surface area contributed by atoms with Gasteiger partial charge < -0.3 is 10.6 Å². The van der Waals surface area contributed by atoms with Crippen LogP contribution in [0.15, 0.2) is 24.3 Å². The lowest BCUT2D eigenvalue weighted by atomic mass is 10.3. The number of carbonyl (C=O) groups excluding carboxylic acids is 1. The largest absolute Gasteiger partial charge is 0.348 e. The van der Waals surface area contributed by atoms with Gasteiger partial charge in [0.2, 0.25) is 5.91 Å². The van der Waals surface area contributed by atoms with Crippen molar-refractivity contribution in [3.8, 4) is 0 Å². The molecule has 0 atom stereocenters. The van der Waals surface area contributed by atoms with Gasteiger partial charge in [0.1, 0.15) is 5.01 Å². The molecule has 0 spiro atoms. The summed E-state index contributed by atoms with van der Waals surface area (Å²) in [5.41, 5.74) is 0.991. The van der Waals surface area contributed by atoms with E-state index in [-0.39, 0.29) is 5.91 Å². The molecule has 84 valence electrons. The third-order valence-corrected chi connectivity index (χ3v) is 3.15. The van der Waals surface area contributed by atoms with E-state index in [0.717, 1.165) is 15.2 Å². The maximum Gasteiger partial charge on any atom is 0.234 e. The lowest BCUT2D eigenvalue weighted by molar-refractivity contribution is -0.120. The van der Waals surface area contributed by atoms with Gasteiger partial charge in [0.25, 0.3) is 0 Å². The molecule has 0 bridgehead atoms. The minimum absolute atomic E-state index is 0.0123. The summed E-state index contributed by atoms with van der Waals surface area (Å²) in [5.74, 6) is -0.0123. The van der Waals surface area contributed by atoms with Gasteiger partial charge in [0.15, 0.2) is 0 Å². The first kappa shape index (κ1) is 11.0. The van der Waals surface area contributed by atoms with Crippen molar-refractivity contribution < 1.29 is 4.79 Å². The van der Waals surface area contributed by atoms with Crippen molar-refractivity contribution in [3.05, 3.63) is 29.3 Å². The number of aromatic nitrogens is 1. The van der Waals surface area contributed by atoms with Crippen molar-refractivity contribution in [1.29, 1.82) is 0 Å². The van der Waals surface area contributed by atoms with E-state index >= 15 is 0 Å². The van der Waals surface area contributed by atoms with E-state index in [1.54, 1.807) is 18.4 Å². The summed E-state index contributed by atoms with van der Waals surface area (Å²) in [7, 11) is 1.75. The highest BCUT2D eigenvalue weighted by atomic mass is 32.1. The fourth-order valence-electron chi connectivity index (χ4n) is 1.39. The van der Waals surface area contributed by atoms with Crippen LogP contribution in [0.5, 0.6) is 0 Å². The van der Waals surface area contributed by atoms with Crippen molar-refractivity contribution in [3.63, 3.8) is 0 Å². The van der Waals surface area contributed by atoms with Crippen LogP contribution in [0.4, 0.5) is 0 Å². The van der Waals surface area contributed by atoms with Crippen LogP contribution in [0.1, 0.15) is 5.01 Å². The van der Waals surface area contributed by atoms with Gasteiger partial charge in [-0.3, -0.25) is 4.79 Å². The van der Waals surface area contributed by atoms with E-state index in [0.29, 0.717) is 13.1 Å². The molecule has 4 nitrogen and oxygen atoms in total. The topological polar surface area (TPSA) is 54.0 Å². The maximum absolute atomic E-state index is 11.2. The Kier molecular flexibility index (Phi) is 3.48. The molecule has 0 aliphatic heterocycles. The summed E-state index contributed by atoms with van der Waals surface area (Å²) < 4.78 is 1.15. The average molecular weight is 235 g/mol. The molecule has 2 rings (SSSR count). The number of likely N-dealkylation sites (N-methyl/N-ethyl adjacent to an activating group) is 1. The molecule has 1 amide bonds. The molecule has 1 aromatic carbocycles. The van der Waals surface area contributed by atoms with E-state index in [9.17, 15) is 4.79 Å². The van der Waals surface area contributed by atoms with E-state index in [4.69, 9.17) is 0 Å². The lowest BCUT2D eigenvalue weighted by Gasteiger charge is -2.00. The number of nitrogens with one attached hydrogen (secondary N) is 2.